The molecule has 0 unspecified atom stereocenters. The van der Waals surface area contributed by atoms with Crippen molar-refractivity contribution in [1.29, 1.82) is 0 Å². The molecule has 0 saturated carbocycles. The van der Waals surface area contributed by atoms with Crippen molar-refractivity contribution in [2.45, 2.75) is 39.3 Å². The normalized spacial score (nSPS) is 11.9. The van der Waals surface area contributed by atoms with E-state index in [0.717, 1.165) is 17.7 Å². The van der Waals surface area contributed by atoms with E-state index in [1.807, 2.05) is 44.2 Å². The summed E-state index contributed by atoms with van der Waals surface area (Å²) in [4.78, 5) is 23.7. The Hall–Kier alpha value is -2.43. The maximum atomic E-state index is 11.9. The average molecular weight is 299 g/mol. The summed E-state index contributed by atoms with van der Waals surface area (Å²) in [6.07, 6.45) is 1.13. The smallest absolute Gasteiger partial charge is 0.266 e. The van der Waals surface area contributed by atoms with Crippen LogP contribution in [0.2, 0.25) is 0 Å². The minimum Gasteiger partial charge on any atom is -0.354 e. The summed E-state index contributed by atoms with van der Waals surface area (Å²) in [5.74, 6) is -0.0619. The van der Waals surface area contributed by atoms with E-state index in [2.05, 4.69) is 10.4 Å². The lowest BCUT2D eigenvalue weighted by Crippen LogP contribution is -2.33. The Labute approximate surface area is 130 Å². The quantitative estimate of drug-likeness (QED) is 0.889. The van der Waals surface area contributed by atoms with Crippen LogP contribution in [0.3, 0.4) is 0 Å². The number of carbonyl (C=O) groups excluding carboxylic acids is 1. The number of hydrogen-bond donors (Lipinski definition) is 1. The van der Waals surface area contributed by atoms with Crippen LogP contribution in [0.4, 0.5) is 0 Å². The summed E-state index contributed by atoms with van der Waals surface area (Å²) < 4.78 is 1.35. The lowest BCUT2D eigenvalue weighted by molar-refractivity contribution is -0.122. The molecule has 5 heteroatoms. The largest absolute Gasteiger partial charge is 0.354 e. The number of carbonyl (C=O) groups is 1. The number of rotatable bonds is 6. The van der Waals surface area contributed by atoms with Gasteiger partial charge in [-0.1, -0.05) is 37.3 Å². The second-order valence-corrected chi connectivity index (χ2v) is 5.27. The first kappa shape index (κ1) is 15.9. The molecule has 0 aliphatic rings. The Kier molecular flexibility index (Phi) is 5.47. The van der Waals surface area contributed by atoms with E-state index in [0.29, 0.717) is 0 Å². The van der Waals surface area contributed by atoms with E-state index in [9.17, 15) is 9.59 Å². The van der Waals surface area contributed by atoms with Gasteiger partial charge in [-0.05, 0) is 19.4 Å². The molecule has 1 atom stereocenters. The number of amides is 1. The highest BCUT2D eigenvalue weighted by molar-refractivity contribution is 5.76. The van der Waals surface area contributed by atoms with Gasteiger partial charge < -0.3 is 5.32 Å². The fourth-order valence-electron chi connectivity index (χ4n) is 2.03. The first-order chi connectivity index (χ1) is 10.6. The van der Waals surface area contributed by atoms with E-state index >= 15 is 0 Å². The molecular weight excluding hydrogens is 278 g/mol. The first-order valence-electron chi connectivity index (χ1n) is 7.53. The Balaban J connectivity index is 2.08. The third kappa shape index (κ3) is 4.28. The van der Waals surface area contributed by atoms with Crippen LogP contribution in [-0.2, 0) is 11.3 Å². The van der Waals surface area contributed by atoms with Gasteiger partial charge in [0, 0.05) is 24.1 Å². The second-order valence-electron chi connectivity index (χ2n) is 5.27. The van der Waals surface area contributed by atoms with E-state index < -0.39 is 0 Å². The second kappa shape index (κ2) is 7.54. The maximum Gasteiger partial charge on any atom is 0.266 e. The standard InChI is InChI=1S/C17H21N3O2/c1-3-13(2)18-16(21)11-12-20-17(22)10-9-15(19-20)14-7-5-4-6-8-14/h4-10,13H,3,11-12H2,1-2H3,(H,18,21)/t13-/m0/s1. The molecule has 0 bridgehead atoms. The molecule has 1 aromatic heterocycles. The summed E-state index contributed by atoms with van der Waals surface area (Å²) in [6.45, 7) is 4.25. The fourth-order valence-corrected chi connectivity index (χ4v) is 2.03. The molecule has 2 aromatic rings. The number of nitrogens with one attached hydrogen (secondary N) is 1. The Morgan fingerprint density at radius 1 is 1.23 bits per heavy atom. The molecule has 116 valence electrons. The third-order valence-corrected chi connectivity index (χ3v) is 3.51. The van der Waals surface area contributed by atoms with Gasteiger partial charge in [0.2, 0.25) is 5.91 Å². The number of nitrogens with zero attached hydrogens (tertiary/aromatic N) is 2. The van der Waals surface area contributed by atoms with Crippen LogP contribution in [0.5, 0.6) is 0 Å². The van der Waals surface area contributed by atoms with Crippen molar-refractivity contribution in [2.24, 2.45) is 0 Å². The summed E-state index contributed by atoms with van der Waals surface area (Å²) in [6, 6.07) is 13.0. The van der Waals surface area contributed by atoms with Crippen molar-refractivity contribution in [1.82, 2.24) is 15.1 Å². The van der Waals surface area contributed by atoms with Gasteiger partial charge in [0.1, 0.15) is 0 Å². The number of hydrogen-bond acceptors (Lipinski definition) is 3. The minimum atomic E-state index is -0.198. The monoisotopic (exact) mass is 299 g/mol. The lowest BCUT2D eigenvalue weighted by atomic mass is 10.1. The minimum absolute atomic E-state index is 0.0619. The fraction of sp³-hybridized carbons (Fsp3) is 0.353. The molecule has 1 heterocycles. The molecule has 1 amide bonds. The van der Waals surface area contributed by atoms with Gasteiger partial charge in [-0.25, -0.2) is 4.68 Å². The van der Waals surface area contributed by atoms with Gasteiger partial charge in [0.25, 0.3) is 5.56 Å². The van der Waals surface area contributed by atoms with Gasteiger partial charge in [-0.2, -0.15) is 5.10 Å². The van der Waals surface area contributed by atoms with Crippen molar-refractivity contribution in [3.8, 4) is 11.3 Å². The predicted molar refractivity (Wildman–Crippen MR) is 86.4 cm³/mol. The highest BCUT2D eigenvalue weighted by atomic mass is 16.2. The van der Waals surface area contributed by atoms with Crippen LogP contribution >= 0.6 is 0 Å². The van der Waals surface area contributed by atoms with Crippen molar-refractivity contribution in [3.63, 3.8) is 0 Å². The SMILES string of the molecule is CC[C@H](C)NC(=O)CCn1nc(-c2ccccc2)ccc1=O. The van der Waals surface area contributed by atoms with Crippen LogP contribution in [0.25, 0.3) is 11.3 Å². The molecule has 0 spiro atoms. The molecule has 0 aliphatic carbocycles. The van der Waals surface area contributed by atoms with Crippen molar-refractivity contribution < 1.29 is 4.79 Å². The zero-order valence-corrected chi connectivity index (χ0v) is 13.0. The van der Waals surface area contributed by atoms with Crippen LogP contribution in [-0.4, -0.2) is 21.7 Å². The predicted octanol–water partition coefficient (Wildman–Crippen LogP) is 2.22. The number of aryl methyl sites for hydroxylation is 1. The van der Waals surface area contributed by atoms with Crippen molar-refractivity contribution in [2.75, 3.05) is 0 Å². The van der Waals surface area contributed by atoms with Gasteiger partial charge in [0.05, 0.1) is 12.2 Å². The van der Waals surface area contributed by atoms with Gasteiger partial charge in [-0.15, -0.1) is 0 Å². The first-order valence-corrected chi connectivity index (χ1v) is 7.53. The average Bonchev–Trinajstić information content (AvgIpc) is 2.54. The number of aromatic nitrogens is 2. The van der Waals surface area contributed by atoms with E-state index in [-0.39, 0.29) is 30.5 Å². The van der Waals surface area contributed by atoms with Crippen LogP contribution in [0.1, 0.15) is 26.7 Å². The molecule has 0 saturated heterocycles. The Bertz CT molecular complexity index is 680. The molecule has 22 heavy (non-hydrogen) atoms. The molecule has 1 aromatic carbocycles. The lowest BCUT2D eigenvalue weighted by Gasteiger charge is -2.12. The topological polar surface area (TPSA) is 64.0 Å². The van der Waals surface area contributed by atoms with Crippen LogP contribution in [0.15, 0.2) is 47.3 Å². The molecule has 5 nitrogen and oxygen atoms in total. The maximum absolute atomic E-state index is 11.9. The van der Waals surface area contributed by atoms with Gasteiger partial charge in [-0.3, -0.25) is 9.59 Å². The summed E-state index contributed by atoms with van der Waals surface area (Å²) >= 11 is 0. The van der Waals surface area contributed by atoms with E-state index in [1.54, 1.807) is 6.07 Å². The highest BCUT2D eigenvalue weighted by Crippen LogP contribution is 2.13. The third-order valence-electron chi connectivity index (χ3n) is 3.51. The molecule has 0 radical (unpaired) electrons. The van der Waals surface area contributed by atoms with E-state index in [4.69, 9.17) is 0 Å². The summed E-state index contributed by atoms with van der Waals surface area (Å²) in [5, 5.41) is 7.22. The number of benzene rings is 1. The zero-order chi connectivity index (χ0) is 15.9. The highest BCUT2D eigenvalue weighted by Gasteiger charge is 2.08. The Morgan fingerprint density at radius 2 is 1.95 bits per heavy atom. The summed E-state index contributed by atoms with van der Waals surface area (Å²) in [7, 11) is 0. The zero-order valence-electron chi connectivity index (χ0n) is 13.0. The van der Waals surface area contributed by atoms with E-state index in [1.165, 1.54) is 10.7 Å². The van der Waals surface area contributed by atoms with Gasteiger partial charge >= 0.3 is 0 Å². The Morgan fingerprint density at radius 3 is 2.64 bits per heavy atom. The molecule has 2 rings (SSSR count). The van der Waals surface area contributed by atoms with Crippen LogP contribution < -0.4 is 10.9 Å². The molecule has 0 aliphatic heterocycles. The summed E-state index contributed by atoms with van der Waals surface area (Å²) in [5.41, 5.74) is 1.47. The van der Waals surface area contributed by atoms with Gasteiger partial charge in [0.15, 0.2) is 0 Å². The van der Waals surface area contributed by atoms with Crippen molar-refractivity contribution >= 4 is 5.91 Å². The molecule has 1 N–H and O–H groups in total. The van der Waals surface area contributed by atoms with Crippen LogP contribution in [0, 0.1) is 0 Å². The molecule has 0 fully saturated rings. The van der Waals surface area contributed by atoms with Crippen molar-refractivity contribution in [3.05, 3.63) is 52.8 Å². The molecular formula is C17H21N3O2.